The average Bonchev–Trinajstić information content (AvgIpc) is 2.44. The van der Waals surface area contributed by atoms with Crippen molar-refractivity contribution in [3.05, 3.63) is 0 Å². The number of carboxylic acids is 2. The lowest BCUT2D eigenvalue weighted by Gasteiger charge is -2.06. The van der Waals surface area contributed by atoms with E-state index >= 15 is 0 Å². The van der Waals surface area contributed by atoms with Crippen LogP contribution in [0.25, 0.3) is 0 Å². The van der Waals surface area contributed by atoms with Crippen LogP contribution in [0.5, 0.6) is 0 Å². The molecule has 2 atom stereocenters. The van der Waals surface area contributed by atoms with Gasteiger partial charge in [-0.2, -0.15) is 0 Å². The minimum absolute atomic E-state index is 0.117. The molecule has 0 aromatic heterocycles. The monoisotopic (exact) mass is 334 g/mol. The molecule has 0 aromatic rings. The van der Waals surface area contributed by atoms with Gasteiger partial charge in [-0.1, -0.05) is 58.8 Å². The first-order valence-corrected chi connectivity index (χ1v) is 8.63. The first-order chi connectivity index (χ1) is 10.8. The summed E-state index contributed by atoms with van der Waals surface area (Å²) in [6.45, 7) is 4.16. The van der Waals surface area contributed by atoms with Gasteiger partial charge in [-0.25, -0.2) is 0 Å². The highest BCUT2D eigenvalue weighted by Gasteiger charge is 2.08. The van der Waals surface area contributed by atoms with Gasteiger partial charge in [0.05, 0.1) is 25.0 Å². The molecule has 6 heteroatoms. The number of rotatable bonds is 13. The lowest BCUT2D eigenvalue weighted by Crippen LogP contribution is -2.12. The van der Waals surface area contributed by atoms with Crippen molar-refractivity contribution in [2.24, 2.45) is 0 Å². The third-order valence-electron chi connectivity index (χ3n) is 3.35. The van der Waals surface area contributed by atoms with Crippen LogP contribution in [0, 0.1) is 0 Å². The van der Waals surface area contributed by atoms with E-state index in [2.05, 4.69) is 6.92 Å². The van der Waals surface area contributed by atoms with Crippen LogP contribution in [0.4, 0.5) is 0 Å². The molecule has 2 unspecified atom stereocenters. The summed E-state index contributed by atoms with van der Waals surface area (Å²) in [5.74, 6) is -1.84. The van der Waals surface area contributed by atoms with Crippen molar-refractivity contribution in [3.8, 4) is 0 Å². The average molecular weight is 334 g/mol. The van der Waals surface area contributed by atoms with Gasteiger partial charge in [0.15, 0.2) is 0 Å². The van der Waals surface area contributed by atoms with E-state index in [-0.39, 0.29) is 12.8 Å². The summed E-state index contributed by atoms with van der Waals surface area (Å²) >= 11 is 0. The van der Waals surface area contributed by atoms with Gasteiger partial charge < -0.3 is 20.4 Å². The topological polar surface area (TPSA) is 115 Å². The van der Waals surface area contributed by atoms with Gasteiger partial charge in [0.25, 0.3) is 0 Å². The lowest BCUT2D eigenvalue weighted by atomic mass is 10.1. The molecular weight excluding hydrogens is 300 g/mol. The zero-order chi connectivity index (χ0) is 18.1. The number of aliphatic hydroxyl groups is 2. The van der Waals surface area contributed by atoms with E-state index in [0.29, 0.717) is 12.8 Å². The van der Waals surface area contributed by atoms with Crippen LogP contribution >= 0.6 is 0 Å². The molecule has 0 heterocycles. The Labute approximate surface area is 139 Å². The minimum Gasteiger partial charge on any atom is -0.481 e. The van der Waals surface area contributed by atoms with Crippen molar-refractivity contribution < 1.29 is 30.0 Å². The Morgan fingerprint density at radius 3 is 1.48 bits per heavy atom. The number of hydrogen-bond donors (Lipinski definition) is 4. The predicted octanol–water partition coefficient (Wildman–Crippen LogP) is 3.19. The highest BCUT2D eigenvalue weighted by Crippen LogP contribution is 2.08. The van der Waals surface area contributed by atoms with Crippen LogP contribution < -0.4 is 0 Å². The summed E-state index contributed by atoms with van der Waals surface area (Å²) in [6, 6.07) is 0. The fourth-order valence-corrected chi connectivity index (χ4v) is 2.03. The molecule has 0 aliphatic heterocycles. The zero-order valence-corrected chi connectivity index (χ0v) is 14.5. The van der Waals surface area contributed by atoms with Crippen molar-refractivity contribution >= 4 is 11.9 Å². The molecule has 138 valence electrons. The van der Waals surface area contributed by atoms with E-state index in [0.717, 1.165) is 25.7 Å². The predicted molar refractivity (Wildman–Crippen MR) is 89.4 cm³/mol. The number of aliphatic carboxylic acids is 2. The van der Waals surface area contributed by atoms with Crippen molar-refractivity contribution in [1.82, 2.24) is 0 Å². The molecule has 6 nitrogen and oxygen atoms in total. The van der Waals surface area contributed by atoms with Crippen LogP contribution in [-0.2, 0) is 9.59 Å². The minimum atomic E-state index is -0.927. The van der Waals surface area contributed by atoms with E-state index in [1.54, 1.807) is 0 Å². The highest BCUT2D eigenvalue weighted by atomic mass is 16.4. The molecule has 0 spiro atoms. The summed E-state index contributed by atoms with van der Waals surface area (Å²) in [5, 5.41) is 34.8. The Balaban J connectivity index is 0. The van der Waals surface area contributed by atoms with Crippen LogP contribution in [-0.4, -0.2) is 44.6 Å². The number of unbranched alkanes of at least 4 members (excludes halogenated alkanes) is 5. The van der Waals surface area contributed by atoms with Crippen LogP contribution in [0.3, 0.4) is 0 Å². The Kier molecular flexibility index (Phi) is 18.1. The van der Waals surface area contributed by atoms with Gasteiger partial charge in [-0.3, -0.25) is 9.59 Å². The molecule has 4 N–H and O–H groups in total. The molecule has 0 rings (SSSR count). The molecule has 0 aliphatic rings. The lowest BCUT2D eigenvalue weighted by molar-refractivity contribution is -0.140. The second kappa shape index (κ2) is 17.2. The van der Waals surface area contributed by atoms with Gasteiger partial charge in [-0.05, 0) is 12.8 Å². The van der Waals surface area contributed by atoms with Crippen LogP contribution in [0.1, 0.15) is 84.5 Å². The van der Waals surface area contributed by atoms with Gasteiger partial charge in [-0.15, -0.1) is 0 Å². The molecule has 0 saturated heterocycles. The van der Waals surface area contributed by atoms with Gasteiger partial charge in [0, 0.05) is 0 Å². The summed E-state index contributed by atoms with van der Waals surface area (Å²) in [6.07, 6.45) is 7.23. The number of carbonyl (C=O) groups is 2. The van der Waals surface area contributed by atoms with Gasteiger partial charge >= 0.3 is 11.9 Å². The highest BCUT2D eigenvalue weighted by molar-refractivity contribution is 5.67. The zero-order valence-electron chi connectivity index (χ0n) is 14.5. The Hall–Kier alpha value is -1.14. The number of hydrogen-bond acceptors (Lipinski definition) is 4. The van der Waals surface area contributed by atoms with Crippen molar-refractivity contribution in [1.29, 1.82) is 0 Å². The molecule has 0 aromatic carbocycles. The first kappa shape index (κ1) is 24.1. The first-order valence-electron chi connectivity index (χ1n) is 8.63. The van der Waals surface area contributed by atoms with E-state index < -0.39 is 24.1 Å². The summed E-state index contributed by atoms with van der Waals surface area (Å²) in [4.78, 5) is 20.2. The van der Waals surface area contributed by atoms with Crippen molar-refractivity contribution in [2.45, 2.75) is 96.7 Å². The van der Waals surface area contributed by atoms with E-state index in [1.165, 1.54) is 19.3 Å². The SMILES string of the molecule is CCCCC(O)CC(=O)O.CCCCCCCC(O)CC(=O)O. The number of aliphatic hydroxyl groups excluding tert-OH is 2. The summed E-state index contributed by atoms with van der Waals surface area (Å²) < 4.78 is 0. The Morgan fingerprint density at radius 1 is 0.696 bits per heavy atom. The maximum absolute atomic E-state index is 10.2. The Morgan fingerprint density at radius 2 is 1.09 bits per heavy atom. The summed E-state index contributed by atoms with van der Waals surface area (Å²) in [7, 11) is 0. The normalized spacial score (nSPS) is 12.9. The third kappa shape index (κ3) is 23.3. The molecule has 0 radical (unpaired) electrons. The van der Waals surface area contributed by atoms with Gasteiger partial charge in [0.1, 0.15) is 0 Å². The van der Waals surface area contributed by atoms with Crippen LogP contribution in [0.2, 0.25) is 0 Å². The smallest absolute Gasteiger partial charge is 0.305 e. The maximum atomic E-state index is 10.2. The quantitative estimate of drug-likeness (QED) is 0.384. The fraction of sp³-hybridized carbons (Fsp3) is 0.882. The molecule has 0 amide bonds. The van der Waals surface area contributed by atoms with E-state index in [1.807, 2.05) is 6.92 Å². The Bertz CT molecular complexity index is 293. The van der Waals surface area contributed by atoms with Crippen LogP contribution in [0.15, 0.2) is 0 Å². The van der Waals surface area contributed by atoms with Crippen molar-refractivity contribution in [3.63, 3.8) is 0 Å². The van der Waals surface area contributed by atoms with E-state index in [4.69, 9.17) is 15.3 Å². The second-order valence-corrected chi connectivity index (χ2v) is 5.85. The maximum Gasteiger partial charge on any atom is 0.305 e. The standard InChI is InChI=1S/C10H20O3.C7H14O3/c1-2-3-4-5-6-7-9(11)8-10(12)13;1-2-3-4-6(8)5-7(9)10/h9,11H,2-8H2,1H3,(H,12,13);6,8H,2-5H2,1H3,(H,9,10). The number of carboxylic acid groups (broad SMARTS) is 2. The molecule has 23 heavy (non-hydrogen) atoms. The molecule has 0 fully saturated rings. The van der Waals surface area contributed by atoms with E-state index in [9.17, 15) is 14.7 Å². The van der Waals surface area contributed by atoms with Gasteiger partial charge in [0.2, 0.25) is 0 Å². The molecular formula is C17H34O6. The second-order valence-electron chi connectivity index (χ2n) is 5.85. The molecule has 0 bridgehead atoms. The molecule has 0 saturated carbocycles. The molecule has 0 aliphatic carbocycles. The largest absolute Gasteiger partial charge is 0.481 e. The van der Waals surface area contributed by atoms with Crippen molar-refractivity contribution in [2.75, 3.05) is 0 Å². The third-order valence-corrected chi connectivity index (χ3v) is 3.35. The fourth-order valence-electron chi connectivity index (χ4n) is 2.03. The summed E-state index contributed by atoms with van der Waals surface area (Å²) in [5.41, 5.74) is 0.